The minimum absolute atomic E-state index is 0.154. The number of aryl methyl sites for hydroxylation is 1. The SMILES string of the molecule is COC(C)CCc1ccc(C(C)(C)CO)cc1. The molecule has 0 spiro atoms. The summed E-state index contributed by atoms with van der Waals surface area (Å²) in [4.78, 5) is 0. The predicted molar refractivity (Wildman–Crippen MR) is 71.3 cm³/mol. The van der Waals surface area contributed by atoms with E-state index < -0.39 is 0 Å². The van der Waals surface area contributed by atoms with Crippen LogP contribution in [0, 0.1) is 0 Å². The summed E-state index contributed by atoms with van der Waals surface area (Å²) in [5, 5.41) is 9.31. The van der Waals surface area contributed by atoms with Gasteiger partial charge in [-0.25, -0.2) is 0 Å². The monoisotopic (exact) mass is 236 g/mol. The van der Waals surface area contributed by atoms with Crippen molar-refractivity contribution in [1.29, 1.82) is 0 Å². The van der Waals surface area contributed by atoms with E-state index in [1.807, 2.05) is 0 Å². The van der Waals surface area contributed by atoms with Gasteiger partial charge in [0.2, 0.25) is 0 Å². The van der Waals surface area contributed by atoms with Crippen LogP contribution in [0.3, 0.4) is 0 Å². The largest absolute Gasteiger partial charge is 0.395 e. The zero-order valence-corrected chi connectivity index (χ0v) is 11.4. The fourth-order valence-corrected chi connectivity index (χ4v) is 1.70. The molecule has 0 aromatic heterocycles. The number of aliphatic hydroxyl groups is 1. The molecule has 0 saturated heterocycles. The van der Waals surface area contributed by atoms with Crippen molar-refractivity contribution in [2.24, 2.45) is 0 Å². The van der Waals surface area contributed by atoms with Crippen molar-refractivity contribution >= 4 is 0 Å². The third-order valence-electron chi connectivity index (χ3n) is 3.37. The van der Waals surface area contributed by atoms with Crippen LogP contribution < -0.4 is 0 Å². The zero-order chi connectivity index (χ0) is 12.9. The molecule has 17 heavy (non-hydrogen) atoms. The lowest BCUT2D eigenvalue weighted by Crippen LogP contribution is -2.21. The van der Waals surface area contributed by atoms with Gasteiger partial charge in [0, 0.05) is 12.5 Å². The summed E-state index contributed by atoms with van der Waals surface area (Å²) in [6.07, 6.45) is 2.39. The Hall–Kier alpha value is -0.860. The van der Waals surface area contributed by atoms with Gasteiger partial charge in [-0.05, 0) is 30.9 Å². The standard InChI is InChI=1S/C15H24O2/c1-12(17-4)5-6-13-7-9-14(10-8-13)15(2,3)11-16/h7-10,12,16H,5-6,11H2,1-4H3. The highest BCUT2D eigenvalue weighted by Crippen LogP contribution is 2.23. The van der Waals surface area contributed by atoms with Crippen molar-refractivity contribution < 1.29 is 9.84 Å². The van der Waals surface area contributed by atoms with Gasteiger partial charge < -0.3 is 9.84 Å². The summed E-state index contributed by atoms with van der Waals surface area (Å²) < 4.78 is 5.23. The Labute approximate surface area is 105 Å². The van der Waals surface area contributed by atoms with Crippen LogP contribution in [-0.4, -0.2) is 24.9 Å². The maximum absolute atomic E-state index is 9.31. The molecule has 0 aliphatic rings. The number of aliphatic hydroxyl groups excluding tert-OH is 1. The molecule has 1 atom stereocenters. The molecule has 0 aliphatic heterocycles. The smallest absolute Gasteiger partial charge is 0.0546 e. The Morgan fingerprint density at radius 2 is 1.82 bits per heavy atom. The number of benzene rings is 1. The summed E-state index contributed by atoms with van der Waals surface area (Å²) >= 11 is 0. The van der Waals surface area contributed by atoms with Crippen molar-refractivity contribution in [3.05, 3.63) is 35.4 Å². The van der Waals surface area contributed by atoms with Crippen LogP contribution in [0.15, 0.2) is 24.3 Å². The second kappa shape index (κ2) is 6.18. The minimum atomic E-state index is -0.154. The normalized spacial score (nSPS) is 13.7. The van der Waals surface area contributed by atoms with Gasteiger partial charge in [-0.1, -0.05) is 38.1 Å². The second-order valence-electron chi connectivity index (χ2n) is 5.32. The van der Waals surface area contributed by atoms with Crippen molar-refractivity contribution in [2.45, 2.75) is 45.1 Å². The Bertz CT molecular complexity index is 327. The van der Waals surface area contributed by atoms with E-state index in [1.54, 1.807) is 7.11 Å². The molecule has 0 amide bonds. The fraction of sp³-hybridized carbons (Fsp3) is 0.600. The molecule has 2 nitrogen and oxygen atoms in total. The van der Waals surface area contributed by atoms with Gasteiger partial charge in [-0.15, -0.1) is 0 Å². The first-order valence-electron chi connectivity index (χ1n) is 6.22. The Morgan fingerprint density at radius 1 is 1.24 bits per heavy atom. The third kappa shape index (κ3) is 4.14. The summed E-state index contributed by atoms with van der Waals surface area (Å²) in [5.41, 5.74) is 2.35. The molecule has 0 bridgehead atoms. The average molecular weight is 236 g/mol. The van der Waals surface area contributed by atoms with Crippen LogP contribution >= 0.6 is 0 Å². The molecule has 0 aliphatic carbocycles. The lowest BCUT2D eigenvalue weighted by Gasteiger charge is -2.22. The molecule has 2 heteroatoms. The third-order valence-corrected chi connectivity index (χ3v) is 3.37. The molecule has 1 rings (SSSR count). The summed E-state index contributed by atoms with van der Waals surface area (Å²) in [7, 11) is 1.75. The maximum atomic E-state index is 9.31. The first kappa shape index (κ1) is 14.2. The topological polar surface area (TPSA) is 29.5 Å². The quantitative estimate of drug-likeness (QED) is 0.823. The van der Waals surface area contributed by atoms with Crippen LogP contribution in [0.2, 0.25) is 0 Å². The maximum Gasteiger partial charge on any atom is 0.0546 e. The van der Waals surface area contributed by atoms with E-state index in [1.165, 1.54) is 11.1 Å². The van der Waals surface area contributed by atoms with Gasteiger partial charge in [-0.3, -0.25) is 0 Å². The van der Waals surface area contributed by atoms with E-state index in [0.29, 0.717) is 6.10 Å². The van der Waals surface area contributed by atoms with Crippen molar-refractivity contribution in [2.75, 3.05) is 13.7 Å². The average Bonchev–Trinajstić information content (AvgIpc) is 2.36. The lowest BCUT2D eigenvalue weighted by atomic mass is 9.85. The molecule has 0 saturated carbocycles. The first-order valence-corrected chi connectivity index (χ1v) is 6.22. The van der Waals surface area contributed by atoms with Gasteiger partial charge in [-0.2, -0.15) is 0 Å². The number of hydrogen-bond donors (Lipinski definition) is 1. The second-order valence-corrected chi connectivity index (χ2v) is 5.32. The van der Waals surface area contributed by atoms with Crippen LogP contribution in [0.5, 0.6) is 0 Å². The zero-order valence-electron chi connectivity index (χ0n) is 11.4. The van der Waals surface area contributed by atoms with E-state index >= 15 is 0 Å². The number of ether oxygens (including phenoxy) is 1. The van der Waals surface area contributed by atoms with Gasteiger partial charge in [0.15, 0.2) is 0 Å². The lowest BCUT2D eigenvalue weighted by molar-refractivity contribution is 0.111. The van der Waals surface area contributed by atoms with Crippen LogP contribution in [-0.2, 0) is 16.6 Å². The van der Waals surface area contributed by atoms with E-state index in [2.05, 4.69) is 45.0 Å². The van der Waals surface area contributed by atoms with Gasteiger partial charge in [0.25, 0.3) is 0 Å². The summed E-state index contributed by atoms with van der Waals surface area (Å²) in [6.45, 7) is 6.36. The van der Waals surface area contributed by atoms with Crippen molar-refractivity contribution in [1.82, 2.24) is 0 Å². The Morgan fingerprint density at radius 3 is 2.29 bits per heavy atom. The molecule has 1 aromatic rings. The van der Waals surface area contributed by atoms with Crippen molar-refractivity contribution in [3.8, 4) is 0 Å². The molecule has 0 heterocycles. The molecule has 1 unspecified atom stereocenters. The molecular formula is C15H24O2. The van der Waals surface area contributed by atoms with E-state index in [4.69, 9.17) is 4.74 Å². The highest BCUT2D eigenvalue weighted by atomic mass is 16.5. The van der Waals surface area contributed by atoms with E-state index in [0.717, 1.165) is 12.8 Å². The Balaban J connectivity index is 2.62. The molecule has 1 aromatic carbocycles. The molecule has 0 fully saturated rings. The molecule has 0 radical (unpaired) electrons. The van der Waals surface area contributed by atoms with Crippen LogP contribution in [0.4, 0.5) is 0 Å². The van der Waals surface area contributed by atoms with Crippen LogP contribution in [0.25, 0.3) is 0 Å². The molecule has 96 valence electrons. The predicted octanol–water partition coefficient (Wildman–Crippen LogP) is 2.92. The molecular weight excluding hydrogens is 212 g/mol. The first-order chi connectivity index (χ1) is 7.99. The van der Waals surface area contributed by atoms with Gasteiger partial charge >= 0.3 is 0 Å². The number of methoxy groups -OCH3 is 1. The highest BCUT2D eigenvalue weighted by molar-refractivity contribution is 5.28. The molecule has 1 N–H and O–H groups in total. The summed E-state index contributed by atoms with van der Waals surface area (Å²) in [6, 6.07) is 8.52. The summed E-state index contributed by atoms with van der Waals surface area (Å²) in [5.74, 6) is 0. The van der Waals surface area contributed by atoms with Gasteiger partial charge in [0.05, 0.1) is 12.7 Å². The van der Waals surface area contributed by atoms with Crippen LogP contribution in [0.1, 0.15) is 38.3 Å². The number of rotatable bonds is 6. The fourth-order valence-electron chi connectivity index (χ4n) is 1.70. The van der Waals surface area contributed by atoms with E-state index in [9.17, 15) is 5.11 Å². The van der Waals surface area contributed by atoms with Gasteiger partial charge in [0.1, 0.15) is 0 Å². The Kier molecular flexibility index (Phi) is 5.16. The van der Waals surface area contributed by atoms with E-state index in [-0.39, 0.29) is 12.0 Å². The highest BCUT2D eigenvalue weighted by Gasteiger charge is 2.18. The van der Waals surface area contributed by atoms with Crippen molar-refractivity contribution in [3.63, 3.8) is 0 Å². The number of hydrogen-bond acceptors (Lipinski definition) is 2. The minimum Gasteiger partial charge on any atom is -0.395 e.